The molecule has 1 heterocycles. The molecule has 1 N–H and O–H groups in total. The molecule has 1 atom stereocenters. The van der Waals surface area contributed by atoms with E-state index in [1.165, 1.54) is 11.3 Å². The van der Waals surface area contributed by atoms with Crippen LogP contribution in [0, 0.1) is 0 Å². The Labute approximate surface area is 85.2 Å². The number of benzene rings is 1. The molecule has 0 radical (unpaired) electrons. The van der Waals surface area contributed by atoms with Gasteiger partial charge < -0.3 is 10.0 Å². The Hall–Kier alpha value is -1.02. The van der Waals surface area contributed by atoms with Gasteiger partial charge >= 0.3 is 0 Å². The summed E-state index contributed by atoms with van der Waals surface area (Å²) in [6.07, 6.45) is -0.398. The molecule has 1 unspecified atom stereocenters. The van der Waals surface area contributed by atoms with Crippen molar-refractivity contribution in [2.45, 2.75) is 32.4 Å². The number of fused-ring (bicyclic) bond motifs is 1. The van der Waals surface area contributed by atoms with Crippen LogP contribution in [0.2, 0.25) is 0 Å². The third-order valence-corrected chi connectivity index (χ3v) is 3.19. The van der Waals surface area contributed by atoms with Gasteiger partial charge in [-0.1, -0.05) is 32.0 Å². The van der Waals surface area contributed by atoms with Crippen LogP contribution in [0.3, 0.4) is 0 Å². The maximum atomic E-state index is 10.2. The molecule has 76 valence electrons. The predicted octanol–water partition coefficient (Wildman–Crippen LogP) is 2.12. The highest BCUT2D eigenvalue weighted by Crippen LogP contribution is 2.43. The van der Waals surface area contributed by atoms with E-state index in [2.05, 4.69) is 37.8 Å². The molecule has 1 aromatic rings. The highest BCUT2D eigenvalue weighted by molar-refractivity contribution is 5.62. The number of hydrogen-bond donors (Lipinski definition) is 1. The fraction of sp³-hybridized carbons (Fsp3) is 0.500. The van der Waals surface area contributed by atoms with Crippen molar-refractivity contribution in [3.8, 4) is 0 Å². The Morgan fingerprint density at radius 1 is 1.36 bits per heavy atom. The third kappa shape index (κ3) is 1.07. The van der Waals surface area contributed by atoms with Gasteiger partial charge in [-0.25, -0.2) is 0 Å². The quantitative estimate of drug-likeness (QED) is 0.735. The molecule has 0 amide bonds. The Balaban J connectivity index is 2.57. The van der Waals surface area contributed by atoms with Crippen molar-refractivity contribution in [2.24, 2.45) is 0 Å². The molecule has 14 heavy (non-hydrogen) atoms. The first-order chi connectivity index (χ1) is 6.59. The lowest BCUT2D eigenvalue weighted by atomic mass is 9.85. The molecule has 0 aromatic heterocycles. The average molecular weight is 191 g/mol. The fourth-order valence-electron chi connectivity index (χ4n) is 2.27. The van der Waals surface area contributed by atoms with Crippen LogP contribution in [0.15, 0.2) is 24.3 Å². The van der Waals surface area contributed by atoms with Crippen molar-refractivity contribution in [3.05, 3.63) is 29.8 Å². The molecule has 0 saturated carbocycles. The van der Waals surface area contributed by atoms with E-state index in [1.807, 2.05) is 12.1 Å². The number of rotatable bonds is 1. The molecule has 2 rings (SSSR count). The van der Waals surface area contributed by atoms with E-state index in [0.29, 0.717) is 0 Å². The number of nitrogens with zero attached hydrogens (tertiary/aromatic N) is 1. The summed E-state index contributed by atoms with van der Waals surface area (Å²) in [5, 5.41) is 10.2. The summed E-state index contributed by atoms with van der Waals surface area (Å²) < 4.78 is 0. The van der Waals surface area contributed by atoms with Gasteiger partial charge in [-0.3, -0.25) is 0 Å². The van der Waals surface area contributed by atoms with E-state index >= 15 is 0 Å². The lowest BCUT2D eigenvalue weighted by molar-refractivity contribution is 0.110. The predicted molar refractivity (Wildman–Crippen MR) is 58.5 cm³/mol. The summed E-state index contributed by atoms with van der Waals surface area (Å²) >= 11 is 0. The van der Waals surface area contributed by atoms with Gasteiger partial charge in [0, 0.05) is 17.6 Å². The van der Waals surface area contributed by atoms with Crippen LogP contribution in [0.1, 0.15) is 26.3 Å². The van der Waals surface area contributed by atoms with Crippen molar-refractivity contribution in [3.63, 3.8) is 0 Å². The lowest BCUT2D eigenvalue weighted by Gasteiger charge is -2.28. The maximum absolute atomic E-state index is 10.2. The molecule has 0 fully saturated rings. The monoisotopic (exact) mass is 191 g/mol. The van der Waals surface area contributed by atoms with Crippen LogP contribution >= 0.6 is 0 Å². The Bertz CT molecular complexity index is 346. The van der Waals surface area contributed by atoms with Gasteiger partial charge in [0.2, 0.25) is 0 Å². The van der Waals surface area contributed by atoms with Crippen molar-refractivity contribution in [1.29, 1.82) is 0 Å². The fourth-order valence-corrected chi connectivity index (χ4v) is 2.27. The van der Waals surface area contributed by atoms with Crippen molar-refractivity contribution >= 4 is 5.69 Å². The van der Waals surface area contributed by atoms with Gasteiger partial charge in [-0.05, 0) is 18.6 Å². The summed E-state index contributed by atoms with van der Waals surface area (Å²) in [6, 6.07) is 8.24. The molecule has 0 saturated heterocycles. The normalized spacial score (nSPS) is 23.7. The molecule has 0 spiro atoms. The van der Waals surface area contributed by atoms with E-state index in [0.717, 1.165) is 6.54 Å². The SMILES string of the molecule is CCN1c2ccccc2C(C)(C)C1O. The Morgan fingerprint density at radius 3 is 2.64 bits per heavy atom. The van der Waals surface area contributed by atoms with Crippen molar-refractivity contribution < 1.29 is 5.11 Å². The van der Waals surface area contributed by atoms with E-state index in [9.17, 15) is 5.11 Å². The summed E-state index contributed by atoms with van der Waals surface area (Å²) in [4.78, 5) is 2.05. The highest BCUT2D eigenvalue weighted by atomic mass is 16.3. The third-order valence-electron chi connectivity index (χ3n) is 3.19. The molecule has 1 aliphatic heterocycles. The average Bonchev–Trinajstić information content (AvgIpc) is 2.37. The van der Waals surface area contributed by atoms with Crippen LogP contribution in [-0.4, -0.2) is 17.9 Å². The second kappa shape index (κ2) is 2.99. The van der Waals surface area contributed by atoms with Crippen LogP contribution < -0.4 is 4.90 Å². The molecule has 1 aromatic carbocycles. The second-order valence-electron chi connectivity index (χ2n) is 4.40. The molecule has 0 aliphatic carbocycles. The number of hydrogen-bond acceptors (Lipinski definition) is 2. The minimum absolute atomic E-state index is 0.160. The molecule has 1 aliphatic rings. The smallest absolute Gasteiger partial charge is 0.136 e. The molecule has 2 heteroatoms. The first-order valence-electron chi connectivity index (χ1n) is 5.13. The van der Waals surface area contributed by atoms with E-state index < -0.39 is 6.23 Å². The van der Waals surface area contributed by atoms with Crippen LogP contribution in [0.4, 0.5) is 5.69 Å². The summed E-state index contributed by atoms with van der Waals surface area (Å²) in [7, 11) is 0. The first-order valence-corrected chi connectivity index (χ1v) is 5.13. The highest BCUT2D eigenvalue weighted by Gasteiger charge is 2.42. The second-order valence-corrected chi connectivity index (χ2v) is 4.40. The van der Waals surface area contributed by atoms with E-state index in [1.54, 1.807) is 0 Å². The summed E-state index contributed by atoms with van der Waals surface area (Å²) in [6.45, 7) is 7.10. The van der Waals surface area contributed by atoms with Crippen molar-refractivity contribution in [2.75, 3.05) is 11.4 Å². The van der Waals surface area contributed by atoms with Crippen LogP contribution in [0.5, 0.6) is 0 Å². The zero-order valence-corrected chi connectivity index (χ0v) is 8.99. The topological polar surface area (TPSA) is 23.5 Å². The molecule has 2 nitrogen and oxygen atoms in total. The Kier molecular flexibility index (Phi) is 2.04. The lowest BCUT2D eigenvalue weighted by Crippen LogP contribution is -2.41. The van der Waals surface area contributed by atoms with Crippen molar-refractivity contribution in [1.82, 2.24) is 0 Å². The minimum atomic E-state index is -0.398. The van der Waals surface area contributed by atoms with Crippen LogP contribution in [-0.2, 0) is 5.41 Å². The van der Waals surface area contributed by atoms with E-state index in [4.69, 9.17) is 0 Å². The number of aliphatic hydroxyl groups is 1. The largest absolute Gasteiger partial charge is 0.373 e. The number of anilines is 1. The van der Waals surface area contributed by atoms with Gasteiger partial charge in [0.15, 0.2) is 0 Å². The minimum Gasteiger partial charge on any atom is -0.373 e. The number of likely N-dealkylation sites (N-methyl/N-ethyl adjacent to an activating group) is 1. The number of para-hydroxylation sites is 1. The molecule has 0 bridgehead atoms. The summed E-state index contributed by atoms with van der Waals surface area (Å²) in [5.74, 6) is 0. The molecular weight excluding hydrogens is 174 g/mol. The number of aliphatic hydroxyl groups excluding tert-OH is 1. The van der Waals surface area contributed by atoms with Gasteiger partial charge in [0.25, 0.3) is 0 Å². The van der Waals surface area contributed by atoms with Gasteiger partial charge in [-0.2, -0.15) is 0 Å². The van der Waals surface area contributed by atoms with Gasteiger partial charge in [-0.15, -0.1) is 0 Å². The van der Waals surface area contributed by atoms with Crippen LogP contribution in [0.25, 0.3) is 0 Å². The summed E-state index contributed by atoms with van der Waals surface area (Å²) in [5.41, 5.74) is 2.26. The Morgan fingerprint density at radius 2 is 2.00 bits per heavy atom. The van der Waals surface area contributed by atoms with E-state index in [-0.39, 0.29) is 5.41 Å². The zero-order valence-electron chi connectivity index (χ0n) is 8.99. The maximum Gasteiger partial charge on any atom is 0.136 e. The van der Waals surface area contributed by atoms with Gasteiger partial charge in [0.1, 0.15) is 6.23 Å². The zero-order chi connectivity index (χ0) is 10.3. The van der Waals surface area contributed by atoms with Gasteiger partial charge in [0.05, 0.1) is 0 Å². The first kappa shape index (κ1) is 9.53. The standard InChI is InChI=1S/C12H17NO/c1-4-13-10-8-6-5-7-9(10)12(2,3)11(13)14/h5-8,11,14H,4H2,1-3H3. The molecular formula is C12H17NO.